The molecule has 0 unspecified atom stereocenters. The molecule has 5 nitrogen and oxygen atoms in total. The zero-order valence-corrected chi connectivity index (χ0v) is 13.6. The number of anilines is 1. The number of aromatic nitrogens is 2. The Hall–Kier alpha value is -1.69. The maximum atomic E-state index is 6.09. The minimum Gasteiger partial charge on any atom is -0.493 e. The molecule has 0 saturated carbocycles. The van der Waals surface area contributed by atoms with Crippen LogP contribution in [-0.4, -0.2) is 24.0 Å². The van der Waals surface area contributed by atoms with Crippen LogP contribution in [-0.2, 0) is 13.5 Å². The summed E-state index contributed by atoms with van der Waals surface area (Å²) >= 11 is 3.65. The third-order valence-corrected chi connectivity index (χ3v) is 4.22. The fourth-order valence-corrected chi connectivity index (χ4v) is 2.95. The topological polar surface area (TPSA) is 62.3 Å². The van der Waals surface area contributed by atoms with Gasteiger partial charge in [-0.05, 0) is 34.0 Å². The van der Waals surface area contributed by atoms with Crippen molar-refractivity contribution in [3.8, 4) is 22.6 Å². The second-order valence-corrected chi connectivity index (χ2v) is 5.17. The Kier molecular flexibility index (Phi) is 4.23. The molecular weight excluding hydrogens is 322 g/mol. The molecule has 0 amide bonds. The van der Waals surface area contributed by atoms with Gasteiger partial charge in [-0.3, -0.25) is 4.68 Å². The van der Waals surface area contributed by atoms with Gasteiger partial charge in [-0.1, -0.05) is 6.92 Å². The van der Waals surface area contributed by atoms with E-state index in [9.17, 15) is 0 Å². The standard InChI is InChI=1S/C14H18BrN3O2/c1-5-8-6-10(19-3)13(20-4)11(12(8)15)9-7-17-18(2)14(9)16/h6-7H,5,16H2,1-4H3. The van der Waals surface area contributed by atoms with Gasteiger partial charge in [-0.25, -0.2) is 0 Å². The average Bonchev–Trinajstić information content (AvgIpc) is 2.78. The lowest BCUT2D eigenvalue weighted by Gasteiger charge is -2.17. The van der Waals surface area contributed by atoms with Crippen LogP contribution in [0, 0.1) is 0 Å². The first kappa shape index (κ1) is 14.7. The fourth-order valence-electron chi connectivity index (χ4n) is 2.16. The number of aryl methyl sites for hydroxylation is 2. The Labute approximate surface area is 126 Å². The van der Waals surface area contributed by atoms with Crippen molar-refractivity contribution in [1.29, 1.82) is 0 Å². The minimum absolute atomic E-state index is 0.583. The SMILES string of the molecule is CCc1cc(OC)c(OC)c(-c2cnn(C)c2N)c1Br. The number of methoxy groups -OCH3 is 2. The second kappa shape index (κ2) is 5.75. The van der Waals surface area contributed by atoms with E-state index in [1.54, 1.807) is 32.1 Å². The lowest BCUT2D eigenvalue weighted by molar-refractivity contribution is 0.355. The summed E-state index contributed by atoms with van der Waals surface area (Å²) < 4.78 is 13.5. The summed E-state index contributed by atoms with van der Waals surface area (Å²) in [4.78, 5) is 0. The van der Waals surface area contributed by atoms with Crippen molar-refractivity contribution in [2.24, 2.45) is 7.05 Å². The second-order valence-electron chi connectivity index (χ2n) is 4.38. The third-order valence-electron chi connectivity index (χ3n) is 3.32. The number of nitrogen functional groups attached to an aromatic ring is 1. The summed E-state index contributed by atoms with van der Waals surface area (Å²) in [5.41, 5.74) is 8.91. The summed E-state index contributed by atoms with van der Waals surface area (Å²) in [5, 5.41) is 4.19. The van der Waals surface area contributed by atoms with Crippen LogP contribution >= 0.6 is 15.9 Å². The molecule has 2 N–H and O–H groups in total. The predicted octanol–water partition coefficient (Wildman–Crippen LogP) is 3.01. The van der Waals surface area contributed by atoms with E-state index in [-0.39, 0.29) is 0 Å². The Morgan fingerprint density at radius 2 is 2.05 bits per heavy atom. The molecule has 0 spiro atoms. The molecule has 0 radical (unpaired) electrons. The number of halogens is 1. The number of nitrogens with two attached hydrogens (primary N) is 1. The summed E-state index contributed by atoms with van der Waals surface area (Å²) in [6.07, 6.45) is 2.60. The van der Waals surface area contributed by atoms with Crippen LogP contribution in [0.1, 0.15) is 12.5 Å². The highest BCUT2D eigenvalue weighted by Gasteiger charge is 2.22. The first-order chi connectivity index (χ1) is 9.54. The first-order valence-corrected chi connectivity index (χ1v) is 7.05. The van der Waals surface area contributed by atoms with Crippen LogP contribution in [0.25, 0.3) is 11.1 Å². The highest BCUT2D eigenvalue weighted by molar-refractivity contribution is 9.10. The van der Waals surface area contributed by atoms with Gasteiger partial charge in [0.15, 0.2) is 11.5 Å². The van der Waals surface area contributed by atoms with Crippen molar-refractivity contribution in [1.82, 2.24) is 9.78 Å². The highest BCUT2D eigenvalue weighted by Crippen LogP contribution is 2.46. The van der Waals surface area contributed by atoms with Crippen LogP contribution < -0.4 is 15.2 Å². The minimum atomic E-state index is 0.583. The van der Waals surface area contributed by atoms with E-state index in [2.05, 4.69) is 28.0 Å². The van der Waals surface area contributed by atoms with E-state index in [1.165, 1.54) is 0 Å². The molecule has 1 heterocycles. The van der Waals surface area contributed by atoms with Gasteiger partial charge in [0.25, 0.3) is 0 Å². The summed E-state index contributed by atoms with van der Waals surface area (Å²) in [6, 6.07) is 1.97. The van der Waals surface area contributed by atoms with E-state index in [0.29, 0.717) is 17.3 Å². The lowest BCUT2D eigenvalue weighted by atomic mass is 10.0. The van der Waals surface area contributed by atoms with Gasteiger partial charge < -0.3 is 15.2 Å². The molecule has 0 aliphatic heterocycles. The summed E-state index contributed by atoms with van der Waals surface area (Å²) in [7, 11) is 5.05. The number of hydrogen-bond acceptors (Lipinski definition) is 4. The van der Waals surface area contributed by atoms with Gasteiger partial charge >= 0.3 is 0 Å². The molecule has 0 aliphatic rings. The Morgan fingerprint density at radius 1 is 1.35 bits per heavy atom. The maximum Gasteiger partial charge on any atom is 0.169 e. The molecule has 0 saturated heterocycles. The Balaban J connectivity index is 2.81. The molecular formula is C14H18BrN3O2. The van der Waals surface area contributed by atoms with Crippen LogP contribution in [0.15, 0.2) is 16.7 Å². The van der Waals surface area contributed by atoms with Gasteiger partial charge in [0.1, 0.15) is 5.82 Å². The first-order valence-electron chi connectivity index (χ1n) is 6.26. The van der Waals surface area contributed by atoms with Crippen LogP contribution in [0.5, 0.6) is 11.5 Å². The monoisotopic (exact) mass is 339 g/mol. The van der Waals surface area contributed by atoms with Crippen LogP contribution in [0.3, 0.4) is 0 Å². The average molecular weight is 340 g/mol. The van der Waals surface area contributed by atoms with Gasteiger partial charge in [-0.2, -0.15) is 5.10 Å². The largest absolute Gasteiger partial charge is 0.493 e. The van der Waals surface area contributed by atoms with Gasteiger partial charge in [0.2, 0.25) is 0 Å². The lowest BCUT2D eigenvalue weighted by Crippen LogP contribution is -2.01. The Morgan fingerprint density at radius 3 is 2.50 bits per heavy atom. The molecule has 6 heteroatoms. The zero-order valence-electron chi connectivity index (χ0n) is 12.0. The predicted molar refractivity (Wildman–Crippen MR) is 83.2 cm³/mol. The highest BCUT2D eigenvalue weighted by atomic mass is 79.9. The van der Waals surface area contributed by atoms with E-state index in [4.69, 9.17) is 15.2 Å². The van der Waals surface area contributed by atoms with Gasteiger partial charge in [0.05, 0.1) is 20.4 Å². The van der Waals surface area contributed by atoms with E-state index >= 15 is 0 Å². The molecule has 0 aliphatic carbocycles. The van der Waals surface area contributed by atoms with Crippen molar-refractivity contribution < 1.29 is 9.47 Å². The Bertz CT molecular complexity index is 638. The van der Waals surface area contributed by atoms with Crippen molar-refractivity contribution in [3.05, 3.63) is 22.3 Å². The van der Waals surface area contributed by atoms with E-state index < -0.39 is 0 Å². The molecule has 0 fully saturated rings. The number of rotatable bonds is 4. The molecule has 2 aromatic rings. The van der Waals surface area contributed by atoms with Crippen molar-refractivity contribution in [2.45, 2.75) is 13.3 Å². The summed E-state index contributed by atoms with van der Waals surface area (Å²) in [5.74, 6) is 1.92. The quantitative estimate of drug-likeness (QED) is 0.929. The molecule has 2 rings (SSSR count). The molecule has 0 atom stereocenters. The van der Waals surface area contributed by atoms with E-state index in [1.807, 2.05) is 6.07 Å². The molecule has 1 aromatic heterocycles. The molecule has 20 heavy (non-hydrogen) atoms. The fraction of sp³-hybridized carbons (Fsp3) is 0.357. The van der Waals surface area contributed by atoms with Gasteiger partial charge in [-0.15, -0.1) is 0 Å². The molecule has 108 valence electrons. The van der Waals surface area contributed by atoms with Crippen molar-refractivity contribution in [2.75, 3.05) is 20.0 Å². The number of hydrogen-bond donors (Lipinski definition) is 1. The van der Waals surface area contributed by atoms with Gasteiger partial charge in [0, 0.05) is 22.6 Å². The number of benzene rings is 1. The van der Waals surface area contributed by atoms with Crippen LogP contribution in [0.2, 0.25) is 0 Å². The number of ether oxygens (including phenoxy) is 2. The van der Waals surface area contributed by atoms with E-state index in [0.717, 1.165) is 27.6 Å². The van der Waals surface area contributed by atoms with Crippen molar-refractivity contribution >= 4 is 21.7 Å². The van der Waals surface area contributed by atoms with Crippen LogP contribution in [0.4, 0.5) is 5.82 Å². The van der Waals surface area contributed by atoms with Crippen molar-refractivity contribution in [3.63, 3.8) is 0 Å². The zero-order chi connectivity index (χ0) is 14.9. The normalized spacial score (nSPS) is 10.7. The molecule has 1 aromatic carbocycles. The summed E-state index contributed by atoms with van der Waals surface area (Å²) in [6.45, 7) is 2.09. The smallest absolute Gasteiger partial charge is 0.169 e. The molecule has 0 bridgehead atoms. The third kappa shape index (κ3) is 2.24. The maximum absolute atomic E-state index is 6.09. The number of nitrogens with zero attached hydrogens (tertiary/aromatic N) is 2.